The van der Waals surface area contributed by atoms with Gasteiger partial charge in [0, 0.05) is 18.1 Å². The number of aliphatic imine (C=N–C) groups is 1. The van der Waals surface area contributed by atoms with Gasteiger partial charge in [0.1, 0.15) is 12.4 Å². The van der Waals surface area contributed by atoms with E-state index in [1.165, 1.54) is 0 Å². The molecular weight excluding hydrogens is 308 g/mol. The maximum absolute atomic E-state index is 5.53. The fourth-order valence-corrected chi connectivity index (χ4v) is 1.62. The van der Waals surface area contributed by atoms with E-state index in [0.29, 0.717) is 12.4 Å². The van der Waals surface area contributed by atoms with Gasteiger partial charge in [-0.1, -0.05) is 49.5 Å². The molecule has 3 heteroatoms. The minimum atomic E-state index is 0.503. The summed E-state index contributed by atoms with van der Waals surface area (Å²) in [5.41, 5.74) is 3.07. The molecule has 0 heterocycles. The predicted molar refractivity (Wildman–Crippen MR) is 111 cm³/mol. The molecule has 3 nitrogen and oxygen atoms in total. The number of ether oxygens (including phenoxy) is 1. The molecule has 0 rings (SSSR count). The number of hydrogen-bond acceptors (Lipinski definition) is 3. The Kier molecular flexibility index (Phi) is 13.5. The Balaban J connectivity index is 4.73. The van der Waals surface area contributed by atoms with E-state index in [4.69, 9.17) is 4.74 Å². The topological polar surface area (TPSA) is 33.6 Å². The van der Waals surface area contributed by atoms with Crippen molar-refractivity contribution in [3.63, 3.8) is 0 Å². The quantitative estimate of drug-likeness (QED) is 0.285. The third-order valence-electron chi connectivity index (χ3n) is 2.82. The molecule has 136 valence electrons. The minimum Gasteiger partial charge on any atom is -0.490 e. The Labute approximate surface area is 153 Å². The average molecular weight is 341 g/mol. The van der Waals surface area contributed by atoms with Crippen LogP contribution in [0.1, 0.15) is 41.0 Å². The highest BCUT2D eigenvalue weighted by atomic mass is 16.5. The summed E-state index contributed by atoms with van der Waals surface area (Å²) in [5, 5.41) is 3.35. The van der Waals surface area contributed by atoms with E-state index < -0.39 is 0 Å². The van der Waals surface area contributed by atoms with Crippen LogP contribution in [-0.4, -0.2) is 12.8 Å². The van der Waals surface area contributed by atoms with Crippen molar-refractivity contribution >= 4 is 6.21 Å². The van der Waals surface area contributed by atoms with Crippen LogP contribution in [0.4, 0.5) is 0 Å². The second-order valence-corrected chi connectivity index (χ2v) is 5.49. The van der Waals surface area contributed by atoms with Crippen molar-refractivity contribution < 1.29 is 4.74 Å². The molecule has 0 unspecified atom stereocenters. The maximum atomic E-state index is 5.53. The fraction of sp³-hybridized carbons (Fsp3) is 0.318. The average Bonchev–Trinajstić information content (AvgIpc) is 2.58. The maximum Gasteiger partial charge on any atom is 0.112 e. The molecule has 0 aromatic rings. The summed E-state index contributed by atoms with van der Waals surface area (Å²) in [7, 11) is 0. The van der Waals surface area contributed by atoms with Gasteiger partial charge in [-0.15, -0.1) is 0 Å². The van der Waals surface area contributed by atoms with Gasteiger partial charge >= 0.3 is 0 Å². The molecule has 0 fully saturated rings. The zero-order chi connectivity index (χ0) is 18.9. The molecule has 0 bridgehead atoms. The van der Waals surface area contributed by atoms with Gasteiger partial charge in [-0.3, -0.25) is 4.99 Å². The minimum absolute atomic E-state index is 0.503. The number of rotatable bonds is 11. The van der Waals surface area contributed by atoms with Crippen LogP contribution in [0.2, 0.25) is 0 Å². The Morgan fingerprint density at radius 2 is 1.88 bits per heavy atom. The smallest absolute Gasteiger partial charge is 0.112 e. The van der Waals surface area contributed by atoms with Gasteiger partial charge in [0.2, 0.25) is 0 Å². The van der Waals surface area contributed by atoms with Crippen LogP contribution in [-0.2, 0) is 4.74 Å². The standard InChI is InChI=1S/C22H32N2O/c1-7-10-11-12-16-25-20(6)14-15-22(13-8-2)24-21(9-3)18-23-17-19(4)5/h7,9-15,17-18,24H,6,8,16H2,1-5H3/b10-7-,12-11-,15-14-,21-9+,22-13+,23-18?. The van der Waals surface area contributed by atoms with E-state index in [1.807, 2.05) is 82.6 Å². The van der Waals surface area contributed by atoms with Crippen LogP contribution in [0.3, 0.4) is 0 Å². The van der Waals surface area contributed by atoms with Crippen LogP contribution in [0.25, 0.3) is 0 Å². The highest BCUT2D eigenvalue weighted by molar-refractivity contribution is 5.78. The SMILES string of the molecule is C=C(/C=C\C(=C/CC)N/C(C=NC=C(C)C)=C/C)OC/C=C\C=C/C. The third-order valence-corrected chi connectivity index (χ3v) is 2.82. The molecule has 0 atom stereocenters. The monoisotopic (exact) mass is 340 g/mol. The van der Waals surface area contributed by atoms with Crippen molar-refractivity contribution in [2.75, 3.05) is 6.61 Å². The van der Waals surface area contributed by atoms with Crippen molar-refractivity contribution in [1.82, 2.24) is 5.32 Å². The Hall–Kier alpha value is -2.55. The lowest BCUT2D eigenvalue weighted by molar-refractivity contribution is 0.263. The normalized spacial score (nSPS) is 13.3. The number of nitrogens with one attached hydrogen (secondary N) is 1. The fourth-order valence-electron chi connectivity index (χ4n) is 1.62. The molecule has 0 radical (unpaired) electrons. The number of allylic oxidation sites excluding steroid dienone is 9. The Morgan fingerprint density at radius 1 is 1.12 bits per heavy atom. The zero-order valence-corrected chi connectivity index (χ0v) is 16.3. The molecule has 0 aromatic carbocycles. The van der Waals surface area contributed by atoms with E-state index in [9.17, 15) is 0 Å². The van der Waals surface area contributed by atoms with Crippen LogP contribution in [0.5, 0.6) is 0 Å². The highest BCUT2D eigenvalue weighted by Gasteiger charge is 1.95. The zero-order valence-electron chi connectivity index (χ0n) is 16.3. The third kappa shape index (κ3) is 13.6. The highest BCUT2D eigenvalue weighted by Crippen LogP contribution is 2.04. The van der Waals surface area contributed by atoms with Crippen molar-refractivity contribution in [3.8, 4) is 0 Å². The van der Waals surface area contributed by atoms with Gasteiger partial charge in [0.15, 0.2) is 0 Å². The summed E-state index contributed by atoms with van der Waals surface area (Å²) < 4.78 is 5.53. The second-order valence-electron chi connectivity index (χ2n) is 5.49. The lowest BCUT2D eigenvalue weighted by Crippen LogP contribution is -2.12. The molecule has 0 saturated carbocycles. The molecule has 0 aliphatic carbocycles. The summed E-state index contributed by atoms with van der Waals surface area (Å²) in [6, 6.07) is 0. The largest absolute Gasteiger partial charge is 0.490 e. The van der Waals surface area contributed by atoms with E-state index in [0.717, 1.165) is 23.4 Å². The lowest BCUT2D eigenvalue weighted by atomic mass is 10.2. The first-order chi connectivity index (χ1) is 12.0. The molecule has 0 aromatic heterocycles. The van der Waals surface area contributed by atoms with Crippen LogP contribution in [0.15, 0.2) is 89.1 Å². The Morgan fingerprint density at radius 3 is 2.48 bits per heavy atom. The van der Waals surface area contributed by atoms with Crippen molar-refractivity contribution in [2.24, 2.45) is 4.99 Å². The summed E-state index contributed by atoms with van der Waals surface area (Å²) in [5.74, 6) is 0.620. The van der Waals surface area contributed by atoms with E-state index in [2.05, 4.69) is 29.9 Å². The van der Waals surface area contributed by atoms with Gasteiger partial charge in [-0.05, 0) is 52.3 Å². The first kappa shape index (κ1) is 22.4. The summed E-state index contributed by atoms with van der Waals surface area (Å²) >= 11 is 0. The van der Waals surface area contributed by atoms with Crippen molar-refractivity contribution in [3.05, 3.63) is 84.1 Å². The van der Waals surface area contributed by atoms with Gasteiger partial charge in [0.25, 0.3) is 0 Å². The van der Waals surface area contributed by atoms with Crippen LogP contribution in [0, 0.1) is 0 Å². The molecule has 1 N–H and O–H groups in total. The van der Waals surface area contributed by atoms with E-state index in [-0.39, 0.29) is 0 Å². The molecule has 0 amide bonds. The van der Waals surface area contributed by atoms with Crippen molar-refractivity contribution in [1.29, 1.82) is 0 Å². The summed E-state index contributed by atoms with van der Waals surface area (Å²) in [6.45, 7) is 14.5. The van der Waals surface area contributed by atoms with Gasteiger partial charge < -0.3 is 10.1 Å². The van der Waals surface area contributed by atoms with Gasteiger partial charge in [-0.2, -0.15) is 0 Å². The van der Waals surface area contributed by atoms with E-state index >= 15 is 0 Å². The summed E-state index contributed by atoms with van der Waals surface area (Å²) in [6.07, 6.45) is 20.3. The molecule has 25 heavy (non-hydrogen) atoms. The summed E-state index contributed by atoms with van der Waals surface area (Å²) in [4.78, 5) is 4.29. The molecule has 0 aliphatic heterocycles. The molecule has 0 saturated heterocycles. The van der Waals surface area contributed by atoms with Crippen LogP contribution < -0.4 is 5.32 Å². The van der Waals surface area contributed by atoms with Gasteiger partial charge in [0.05, 0.1) is 5.70 Å². The van der Waals surface area contributed by atoms with Crippen molar-refractivity contribution in [2.45, 2.75) is 41.0 Å². The molecule has 0 aliphatic rings. The first-order valence-electron chi connectivity index (χ1n) is 8.61. The van der Waals surface area contributed by atoms with E-state index in [1.54, 1.807) is 0 Å². The predicted octanol–water partition coefficient (Wildman–Crippen LogP) is 5.99. The lowest BCUT2D eigenvalue weighted by Gasteiger charge is -2.08. The first-order valence-corrected chi connectivity index (χ1v) is 8.61. The molecule has 0 spiro atoms. The van der Waals surface area contributed by atoms with Gasteiger partial charge in [-0.25, -0.2) is 0 Å². The van der Waals surface area contributed by atoms with Crippen LogP contribution >= 0.6 is 0 Å². The Bertz CT molecular complexity index is 596. The second kappa shape index (κ2) is 15.0. The number of nitrogens with zero attached hydrogens (tertiary/aromatic N) is 1. The molecular formula is C22H32N2O. The number of hydrogen-bond donors (Lipinski definition) is 1.